The van der Waals surface area contributed by atoms with Gasteiger partial charge in [-0.3, -0.25) is 4.79 Å². The number of allylic oxidation sites excluding steroid dienone is 3. The second kappa shape index (κ2) is 8.12. The van der Waals surface area contributed by atoms with E-state index >= 15 is 0 Å². The Morgan fingerprint density at radius 1 is 1.21 bits per heavy atom. The highest BCUT2D eigenvalue weighted by Crippen LogP contribution is 2.09. The molecule has 78 valence electrons. The van der Waals surface area contributed by atoms with Crippen LogP contribution in [-0.4, -0.2) is 11.1 Å². The predicted octanol–water partition coefficient (Wildman–Crippen LogP) is 2.87. The molecule has 1 unspecified atom stereocenters. The highest BCUT2D eigenvalue weighted by atomic mass is 16.4. The summed E-state index contributed by atoms with van der Waals surface area (Å²) >= 11 is 0. The number of rotatable bonds is 3. The molecule has 0 heterocycles. The van der Waals surface area contributed by atoms with E-state index in [2.05, 4.69) is 12.8 Å². The average molecular weight is 194 g/mol. The quantitative estimate of drug-likeness (QED) is 0.554. The number of carboxylic acid groups (broad SMARTS) is 1. The van der Waals surface area contributed by atoms with E-state index in [1.165, 1.54) is 5.57 Å². The lowest BCUT2D eigenvalue weighted by Crippen LogP contribution is -2.10. The lowest BCUT2D eigenvalue weighted by Gasteiger charge is -2.04. The molecular weight excluding hydrogens is 176 g/mol. The molecule has 0 fully saturated rings. The second-order valence-electron chi connectivity index (χ2n) is 3.21. The maximum atomic E-state index is 10.5. The van der Waals surface area contributed by atoms with Gasteiger partial charge in [-0.15, -0.1) is 12.8 Å². The Labute approximate surface area is 86.3 Å². The number of hydrogen-bond donors (Lipinski definition) is 1. The molecule has 0 aromatic rings. The Balaban J connectivity index is 0. The molecule has 0 aliphatic rings. The van der Waals surface area contributed by atoms with Gasteiger partial charge in [-0.1, -0.05) is 23.3 Å². The van der Waals surface area contributed by atoms with Gasteiger partial charge in [0, 0.05) is 0 Å². The number of carbonyl (C=O) groups is 1. The first-order chi connectivity index (χ1) is 6.45. The van der Waals surface area contributed by atoms with Crippen molar-refractivity contribution in [3.05, 3.63) is 23.3 Å². The Morgan fingerprint density at radius 2 is 1.64 bits per heavy atom. The summed E-state index contributed by atoms with van der Waals surface area (Å²) in [5.41, 5.74) is 2.05. The Kier molecular flexibility index (Phi) is 8.71. The summed E-state index contributed by atoms with van der Waals surface area (Å²) in [7, 11) is 0. The Morgan fingerprint density at radius 3 is 1.93 bits per heavy atom. The van der Waals surface area contributed by atoms with Gasteiger partial charge >= 0.3 is 5.97 Å². The number of aliphatic carboxylic acids is 1. The first-order valence-corrected chi connectivity index (χ1v) is 4.33. The van der Waals surface area contributed by atoms with Crippen LogP contribution in [0.5, 0.6) is 0 Å². The minimum absolute atomic E-state index is 0.388. The van der Waals surface area contributed by atoms with Crippen molar-refractivity contribution in [3.63, 3.8) is 0 Å². The standard InChI is InChI=1S/C10H16O2.C2H2/c1-7(2)5-6-8(3)9(4)10(11)12;1-2/h5-6,9H,1-4H3,(H,11,12);1-2H/b8-6+;. The molecule has 0 aromatic heterocycles. The van der Waals surface area contributed by atoms with Gasteiger partial charge in [-0.05, 0) is 27.7 Å². The first-order valence-electron chi connectivity index (χ1n) is 4.33. The van der Waals surface area contributed by atoms with Crippen LogP contribution in [0.2, 0.25) is 0 Å². The SMILES string of the molecule is C#C.CC(C)=C/C=C(\C)C(C)C(=O)O. The van der Waals surface area contributed by atoms with Gasteiger partial charge in [-0.25, -0.2) is 0 Å². The van der Waals surface area contributed by atoms with E-state index in [9.17, 15) is 4.79 Å². The fraction of sp³-hybridized carbons (Fsp3) is 0.417. The van der Waals surface area contributed by atoms with Crippen molar-refractivity contribution in [3.8, 4) is 12.8 Å². The molecule has 0 amide bonds. The molecule has 0 saturated heterocycles. The van der Waals surface area contributed by atoms with Crippen LogP contribution in [0.1, 0.15) is 27.7 Å². The van der Waals surface area contributed by atoms with Crippen LogP contribution >= 0.6 is 0 Å². The summed E-state index contributed by atoms with van der Waals surface area (Å²) in [5, 5.41) is 8.66. The van der Waals surface area contributed by atoms with Crippen LogP contribution in [0, 0.1) is 18.8 Å². The number of carboxylic acids is 1. The molecule has 2 heteroatoms. The van der Waals surface area contributed by atoms with E-state index in [1.807, 2.05) is 32.9 Å². The van der Waals surface area contributed by atoms with Crippen molar-refractivity contribution in [1.82, 2.24) is 0 Å². The normalized spacial score (nSPS) is 12.0. The van der Waals surface area contributed by atoms with Gasteiger partial charge in [-0.2, -0.15) is 0 Å². The summed E-state index contributed by atoms with van der Waals surface area (Å²) in [6.07, 6.45) is 11.8. The zero-order valence-electron chi connectivity index (χ0n) is 9.24. The molecule has 14 heavy (non-hydrogen) atoms. The van der Waals surface area contributed by atoms with Crippen molar-refractivity contribution in [2.24, 2.45) is 5.92 Å². The van der Waals surface area contributed by atoms with Gasteiger partial charge < -0.3 is 5.11 Å². The number of terminal acetylenes is 1. The lowest BCUT2D eigenvalue weighted by atomic mass is 10.0. The summed E-state index contributed by atoms with van der Waals surface area (Å²) in [6, 6.07) is 0. The molecular formula is C12H18O2. The topological polar surface area (TPSA) is 37.3 Å². The van der Waals surface area contributed by atoms with Crippen LogP contribution < -0.4 is 0 Å². The minimum atomic E-state index is -0.772. The maximum absolute atomic E-state index is 10.5. The van der Waals surface area contributed by atoms with Crippen LogP contribution in [-0.2, 0) is 4.79 Å². The molecule has 0 aliphatic carbocycles. The zero-order chi connectivity index (χ0) is 11.7. The van der Waals surface area contributed by atoms with Crippen LogP contribution in [0.3, 0.4) is 0 Å². The molecule has 0 rings (SSSR count). The largest absolute Gasteiger partial charge is 0.481 e. The summed E-state index contributed by atoms with van der Waals surface area (Å²) in [5.74, 6) is -1.16. The monoisotopic (exact) mass is 194 g/mol. The van der Waals surface area contributed by atoms with Gasteiger partial charge in [0.05, 0.1) is 5.92 Å². The van der Waals surface area contributed by atoms with Crippen molar-refractivity contribution in [1.29, 1.82) is 0 Å². The van der Waals surface area contributed by atoms with Gasteiger partial charge in [0.2, 0.25) is 0 Å². The fourth-order valence-corrected chi connectivity index (χ4v) is 0.637. The van der Waals surface area contributed by atoms with Crippen molar-refractivity contribution in [2.45, 2.75) is 27.7 Å². The van der Waals surface area contributed by atoms with E-state index in [0.29, 0.717) is 0 Å². The van der Waals surface area contributed by atoms with E-state index in [-0.39, 0.29) is 5.92 Å². The van der Waals surface area contributed by atoms with Crippen LogP contribution in [0.25, 0.3) is 0 Å². The van der Waals surface area contributed by atoms with Crippen molar-refractivity contribution < 1.29 is 9.90 Å². The first kappa shape index (κ1) is 15.0. The number of hydrogen-bond acceptors (Lipinski definition) is 1. The fourth-order valence-electron chi connectivity index (χ4n) is 0.637. The van der Waals surface area contributed by atoms with Crippen molar-refractivity contribution >= 4 is 5.97 Å². The van der Waals surface area contributed by atoms with E-state index < -0.39 is 5.97 Å². The average Bonchev–Trinajstić information content (AvgIpc) is 2.15. The van der Waals surface area contributed by atoms with Crippen molar-refractivity contribution in [2.75, 3.05) is 0 Å². The van der Waals surface area contributed by atoms with Crippen LogP contribution in [0.15, 0.2) is 23.3 Å². The van der Waals surface area contributed by atoms with E-state index in [0.717, 1.165) is 5.57 Å². The van der Waals surface area contributed by atoms with E-state index in [4.69, 9.17) is 5.11 Å². The highest BCUT2D eigenvalue weighted by Gasteiger charge is 2.11. The second-order valence-corrected chi connectivity index (χ2v) is 3.21. The van der Waals surface area contributed by atoms with Gasteiger partial charge in [0.25, 0.3) is 0 Å². The maximum Gasteiger partial charge on any atom is 0.310 e. The third-order valence-corrected chi connectivity index (χ3v) is 1.73. The predicted molar refractivity (Wildman–Crippen MR) is 59.9 cm³/mol. The van der Waals surface area contributed by atoms with Gasteiger partial charge in [0.1, 0.15) is 0 Å². The van der Waals surface area contributed by atoms with Crippen LogP contribution in [0.4, 0.5) is 0 Å². The third kappa shape index (κ3) is 7.17. The third-order valence-electron chi connectivity index (χ3n) is 1.73. The summed E-state index contributed by atoms with van der Waals surface area (Å²) in [6.45, 7) is 7.48. The molecule has 0 bridgehead atoms. The molecule has 1 atom stereocenters. The molecule has 2 nitrogen and oxygen atoms in total. The smallest absolute Gasteiger partial charge is 0.310 e. The highest BCUT2D eigenvalue weighted by molar-refractivity contribution is 5.73. The molecule has 0 saturated carbocycles. The summed E-state index contributed by atoms with van der Waals surface area (Å²) < 4.78 is 0. The Bertz CT molecular complexity index is 253. The van der Waals surface area contributed by atoms with E-state index in [1.54, 1.807) is 6.92 Å². The molecule has 1 N–H and O–H groups in total. The van der Waals surface area contributed by atoms with Gasteiger partial charge in [0.15, 0.2) is 0 Å². The summed E-state index contributed by atoms with van der Waals surface area (Å²) in [4.78, 5) is 10.5. The molecule has 0 radical (unpaired) electrons. The zero-order valence-corrected chi connectivity index (χ0v) is 9.24. The lowest BCUT2D eigenvalue weighted by molar-refractivity contribution is -0.139. The molecule has 0 aliphatic heterocycles. The Hall–Kier alpha value is -1.49. The minimum Gasteiger partial charge on any atom is -0.481 e. The molecule has 0 spiro atoms. The molecule has 0 aromatic carbocycles.